The molecule has 0 bridgehead atoms. The number of carbonyl (C=O) groups excluding carboxylic acids is 1. The van der Waals surface area contributed by atoms with Crippen molar-refractivity contribution >= 4 is 27.3 Å². The highest BCUT2D eigenvalue weighted by Crippen LogP contribution is 2.21. The summed E-state index contributed by atoms with van der Waals surface area (Å²) in [6.45, 7) is 5.78. The second-order valence-corrected chi connectivity index (χ2v) is 8.80. The number of hydrogen-bond donors (Lipinski definition) is 2. The van der Waals surface area contributed by atoms with Crippen LogP contribution >= 0.6 is 0 Å². The minimum atomic E-state index is -3.78. The summed E-state index contributed by atoms with van der Waals surface area (Å²) in [6.07, 6.45) is 0. The second kappa shape index (κ2) is 12.1. The van der Waals surface area contributed by atoms with Crippen molar-refractivity contribution in [3.05, 3.63) is 78.4 Å². The Hall–Kier alpha value is -3.56. The fraction of sp³-hybridized carbons (Fsp3) is 0.240. The Labute approximate surface area is 199 Å². The third kappa shape index (κ3) is 7.23. The first-order chi connectivity index (χ1) is 16.4. The summed E-state index contributed by atoms with van der Waals surface area (Å²) in [5, 5.41) is 2.76. The van der Waals surface area contributed by atoms with E-state index >= 15 is 0 Å². The number of benzene rings is 3. The lowest BCUT2D eigenvalue weighted by atomic mass is 10.2. The molecule has 180 valence electrons. The molecule has 0 radical (unpaired) electrons. The van der Waals surface area contributed by atoms with Gasteiger partial charge in [-0.15, -0.1) is 0 Å². The molecule has 3 aromatic carbocycles. The fourth-order valence-electron chi connectivity index (χ4n) is 3.01. The van der Waals surface area contributed by atoms with E-state index in [-0.39, 0.29) is 10.8 Å². The van der Waals surface area contributed by atoms with Crippen LogP contribution in [0, 0.1) is 0 Å². The van der Waals surface area contributed by atoms with Crippen molar-refractivity contribution in [2.45, 2.75) is 18.7 Å². The van der Waals surface area contributed by atoms with Crippen LogP contribution in [0.15, 0.2) is 77.7 Å². The first kappa shape index (κ1) is 25.1. The van der Waals surface area contributed by atoms with Crippen LogP contribution in [0.1, 0.15) is 24.2 Å². The SMILES string of the molecule is CCOCCOc1cccc(C(=O)Nc2ccc(S(=O)(=O)Nc3ccc(OCC)cc3)cc2)c1. The van der Waals surface area contributed by atoms with E-state index in [1.165, 1.54) is 24.3 Å². The molecule has 34 heavy (non-hydrogen) atoms. The molecule has 0 spiro atoms. The van der Waals surface area contributed by atoms with Crippen LogP contribution in [0.2, 0.25) is 0 Å². The van der Waals surface area contributed by atoms with E-state index in [9.17, 15) is 13.2 Å². The Morgan fingerprint density at radius 2 is 1.50 bits per heavy atom. The van der Waals surface area contributed by atoms with Gasteiger partial charge in [0, 0.05) is 23.5 Å². The minimum Gasteiger partial charge on any atom is -0.494 e. The van der Waals surface area contributed by atoms with Crippen LogP contribution in [0.3, 0.4) is 0 Å². The van der Waals surface area contributed by atoms with Gasteiger partial charge in [0.05, 0.1) is 18.1 Å². The molecular formula is C25H28N2O6S. The number of amides is 1. The van der Waals surface area contributed by atoms with Gasteiger partial charge in [0.1, 0.15) is 18.1 Å². The maximum atomic E-state index is 12.7. The fourth-order valence-corrected chi connectivity index (χ4v) is 4.07. The summed E-state index contributed by atoms with van der Waals surface area (Å²) in [5.41, 5.74) is 1.31. The molecule has 3 rings (SSSR count). The van der Waals surface area contributed by atoms with Gasteiger partial charge in [-0.1, -0.05) is 6.07 Å². The molecule has 0 aliphatic carbocycles. The zero-order valence-corrected chi connectivity index (χ0v) is 19.9. The Bertz CT molecular complexity index is 1180. The maximum Gasteiger partial charge on any atom is 0.261 e. The molecule has 0 saturated carbocycles. The van der Waals surface area contributed by atoms with Crippen molar-refractivity contribution in [3.63, 3.8) is 0 Å². The number of hydrogen-bond acceptors (Lipinski definition) is 6. The number of sulfonamides is 1. The Balaban J connectivity index is 1.61. The number of rotatable bonds is 12. The van der Waals surface area contributed by atoms with Crippen LogP contribution in [-0.2, 0) is 14.8 Å². The summed E-state index contributed by atoms with van der Waals surface area (Å²) >= 11 is 0. The van der Waals surface area contributed by atoms with Crippen molar-refractivity contribution in [3.8, 4) is 11.5 Å². The van der Waals surface area contributed by atoms with Crippen LogP contribution in [0.4, 0.5) is 11.4 Å². The largest absolute Gasteiger partial charge is 0.494 e. The van der Waals surface area contributed by atoms with E-state index in [1.54, 1.807) is 48.5 Å². The van der Waals surface area contributed by atoms with E-state index in [0.29, 0.717) is 54.9 Å². The smallest absolute Gasteiger partial charge is 0.261 e. The quantitative estimate of drug-likeness (QED) is 0.366. The van der Waals surface area contributed by atoms with E-state index in [4.69, 9.17) is 14.2 Å². The van der Waals surface area contributed by atoms with Crippen molar-refractivity contribution in [1.82, 2.24) is 0 Å². The molecule has 0 aliphatic rings. The lowest BCUT2D eigenvalue weighted by Gasteiger charge is -2.11. The molecular weight excluding hydrogens is 456 g/mol. The number of anilines is 2. The molecule has 0 saturated heterocycles. The lowest BCUT2D eigenvalue weighted by Crippen LogP contribution is -2.14. The first-order valence-electron chi connectivity index (χ1n) is 10.9. The highest BCUT2D eigenvalue weighted by Gasteiger charge is 2.15. The van der Waals surface area contributed by atoms with E-state index in [0.717, 1.165) is 0 Å². The van der Waals surface area contributed by atoms with Gasteiger partial charge in [-0.25, -0.2) is 8.42 Å². The highest BCUT2D eigenvalue weighted by molar-refractivity contribution is 7.92. The molecule has 1 amide bonds. The van der Waals surface area contributed by atoms with Gasteiger partial charge in [0.15, 0.2) is 0 Å². The molecule has 0 heterocycles. The van der Waals surface area contributed by atoms with Gasteiger partial charge in [0.25, 0.3) is 15.9 Å². The number of nitrogens with one attached hydrogen (secondary N) is 2. The maximum absolute atomic E-state index is 12.7. The third-order valence-corrected chi connectivity index (χ3v) is 6.03. The predicted molar refractivity (Wildman–Crippen MR) is 131 cm³/mol. The van der Waals surface area contributed by atoms with Crippen molar-refractivity contribution in [2.75, 3.05) is 36.5 Å². The molecule has 2 N–H and O–H groups in total. The van der Waals surface area contributed by atoms with Gasteiger partial charge in [0.2, 0.25) is 0 Å². The summed E-state index contributed by atoms with van der Waals surface area (Å²) in [5.74, 6) is 0.890. The van der Waals surface area contributed by atoms with Crippen LogP contribution in [-0.4, -0.2) is 40.8 Å². The molecule has 8 nitrogen and oxygen atoms in total. The average Bonchev–Trinajstić information content (AvgIpc) is 2.84. The van der Waals surface area contributed by atoms with Crippen molar-refractivity contribution in [2.24, 2.45) is 0 Å². The summed E-state index contributed by atoms with van der Waals surface area (Å²) < 4.78 is 44.1. The van der Waals surface area contributed by atoms with Gasteiger partial charge in [-0.05, 0) is 80.6 Å². The minimum absolute atomic E-state index is 0.0732. The summed E-state index contributed by atoms with van der Waals surface area (Å²) in [6, 6.07) is 19.4. The van der Waals surface area contributed by atoms with Gasteiger partial charge in [-0.2, -0.15) is 0 Å². The summed E-state index contributed by atoms with van der Waals surface area (Å²) in [4.78, 5) is 12.7. The molecule has 0 unspecified atom stereocenters. The third-order valence-electron chi connectivity index (χ3n) is 4.64. The highest BCUT2D eigenvalue weighted by atomic mass is 32.2. The molecule has 9 heteroatoms. The second-order valence-electron chi connectivity index (χ2n) is 7.11. The lowest BCUT2D eigenvalue weighted by molar-refractivity contribution is 0.102. The molecule has 0 fully saturated rings. The molecule has 0 atom stereocenters. The standard InChI is InChI=1S/C25H28N2O6S/c1-3-31-16-17-33-23-7-5-6-19(18-23)25(28)26-20-10-14-24(15-11-20)34(29,30)27-21-8-12-22(13-9-21)32-4-2/h5-15,18,27H,3-4,16-17H2,1-2H3,(H,26,28). The van der Waals surface area contributed by atoms with Crippen LogP contribution in [0.5, 0.6) is 11.5 Å². The zero-order valence-electron chi connectivity index (χ0n) is 19.1. The van der Waals surface area contributed by atoms with Gasteiger partial charge >= 0.3 is 0 Å². The predicted octanol–water partition coefficient (Wildman–Crippen LogP) is 4.55. The first-order valence-corrected chi connectivity index (χ1v) is 12.4. The Kier molecular flexibility index (Phi) is 8.89. The molecule has 3 aromatic rings. The van der Waals surface area contributed by atoms with Crippen molar-refractivity contribution < 1.29 is 27.4 Å². The van der Waals surface area contributed by atoms with E-state index in [2.05, 4.69) is 10.0 Å². The van der Waals surface area contributed by atoms with E-state index < -0.39 is 10.0 Å². The average molecular weight is 485 g/mol. The van der Waals surface area contributed by atoms with Crippen LogP contribution in [0.25, 0.3) is 0 Å². The molecule has 0 aromatic heterocycles. The zero-order chi connectivity index (χ0) is 24.4. The van der Waals surface area contributed by atoms with Crippen molar-refractivity contribution in [1.29, 1.82) is 0 Å². The number of carbonyl (C=O) groups is 1. The monoisotopic (exact) mass is 484 g/mol. The normalized spacial score (nSPS) is 11.0. The summed E-state index contributed by atoms with van der Waals surface area (Å²) in [7, 11) is -3.78. The Morgan fingerprint density at radius 3 is 2.18 bits per heavy atom. The van der Waals surface area contributed by atoms with Gasteiger partial charge < -0.3 is 19.5 Å². The Morgan fingerprint density at radius 1 is 0.794 bits per heavy atom. The van der Waals surface area contributed by atoms with E-state index in [1.807, 2.05) is 13.8 Å². The molecule has 0 aliphatic heterocycles. The van der Waals surface area contributed by atoms with Crippen LogP contribution < -0.4 is 19.5 Å². The van der Waals surface area contributed by atoms with Gasteiger partial charge in [-0.3, -0.25) is 9.52 Å². The number of ether oxygens (including phenoxy) is 3. The topological polar surface area (TPSA) is 103 Å².